The van der Waals surface area contributed by atoms with Gasteiger partial charge in [0.25, 0.3) is 0 Å². The summed E-state index contributed by atoms with van der Waals surface area (Å²) in [5.41, 5.74) is 9.26. The second-order valence-electron chi connectivity index (χ2n) is 3.57. The topological polar surface area (TPSA) is 51.8 Å². The van der Waals surface area contributed by atoms with Crippen LogP contribution < -0.4 is 5.73 Å². The summed E-state index contributed by atoms with van der Waals surface area (Å²) >= 11 is 0. The Labute approximate surface area is 89.0 Å². The van der Waals surface area contributed by atoms with E-state index in [0.717, 1.165) is 6.42 Å². The summed E-state index contributed by atoms with van der Waals surface area (Å²) in [6, 6.07) is 5.88. The molecule has 0 bridgehead atoms. The molecule has 0 aliphatic rings. The van der Waals surface area contributed by atoms with E-state index in [1.165, 1.54) is 16.7 Å². The highest BCUT2D eigenvalue weighted by molar-refractivity contribution is 5.36. The molecular weight excluding hydrogens is 186 g/mol. The van der Waals surface area contributed by atoms with Gasteiger partial charge in [0.05, 0.1) is 0 Å². The molecule has 0 saturated carbocycles. The lowest BCUT2D eigenvalue weighted by Crippen LogP contribution is -1.95. The molecule has 2 aromatic rings. The zero-order valence-electron chi connectivity index (χ0n) is 8.64. The van der Waals surface area contributed by atoms with Gasteiger partial charge in [-0.1, -0.05) is 0 Å². The standard InChI is InChI=1S/C12H13N3/c1-9-2-4-14-8-11(9)6-10-3-5-15-12(13)7-10/h2-5,7-8H,6H2,1H3,(H2,13,15). The third-order valence-corrected chi connectivity index (χ3v) is 2.39. The van der Waals surface area contributed by atoms with Crippen LogP contribution in [0, 0.1) is 6.92 Å². The first-order valence-electron chi connectivity index (χ1n) is 4.85. The summed E-state index contributed by atoms with van der Waals surface area (Å²) in [4.78, 5) is 8.08. The minimum Gasteiger partial charge on any atom is -0.384 e. The zero-order valence-corrected chi connectivity index (χ0v) is 8.64. The maximum atomic E-state index is 5.62. The lowest BCUT2D eigenvalue weighted by Gasteiger charge is -2.05. The quantitative estimate of drug-likeness (QED) is 0.804. The van der Waals surface area contributed by atoms with Gasteiger partial charge in [0.2, 0.25) is 0 Å². The van der Waals surface area contributed by atoms with Gasteiger partial charge in [0.1, 0.15) is 5.82 Å². The summed E-state index contributed by atoms with van der Waals surface area (Å²) in [5.74, 6) is 0.564. The molecule has 76 valence electrons. The highest BCUT2D eigenvalue weighted by atomic mass is 14.8. The normalized spacial score (nSPS) is 10.2. The zero-order chi connectivity index (χ0) is 10.7. The smallest absolute Gasteiger partial charge is 0.123 e. The number of anilines is 1. The van der Waals surface area contributed by atoms with Crippen molar-refractivity contribution in [3.8, 4) is 0 Å². The molecule has 3 heteroatoms. The third-order valence-electron chi connectivity index (χ3n) is 2.39. The summed E-state index contributed by atoms with van der Waals surface area (Å²) in [7, 11) is 0. The largest absolute Gasteiger partial charge is 0.384 e. The first-order chi connectivity index (χ1) is 7.25. The molecular formula is C12H13N3. The second kappa shape index (κ2) is 4.09. The van der Waals surface area contributed by atoms with E-state index in [1.807, 2.05) is 24.4 Å². The number of nitrogen functional groups attached to an aromatic ring is 1. The van der Waals surface area contributed by atoms with E-state index in [4.69, 9.17) is 5.73 Å². The van der Waals surface area contributed by atoms with Crippen molar-refractivity contribution in [1.29, 1.82) is 0 Å². The monoisotopic (exact) mass is 199 g/mol. The number of aryl methyl sites for hydroxylation is 1. The van der Waals surface area contributed by atoms with Crippen molar-refractivity contribution >= 4 is 5.82 Å². The Balaban J connectivity index is 2.26. The van der Waals surface area contributed by atoms with E-state index in [2.05, 4.69) is 16.9 Å². The molecule has 0 aliphatic heterocycles. The van der Waals surface area contributed by atoms with Crippen LogP contribution in [0.5, 0.6) is 0 Å². The van der Waals surface area contributed by atoms with Gasteiger partial charge in [-0.2, -0.15) is 0 Å². The first-order valence-corrected chi connectivity index (χ1v) is 4.85. The molecule has 2 rings (SSSR count). The van der Waals surface area contributed by atoms with Crippen molar-refractivity contribution in [2.45, 2.75) is 13.3 Å². The molecule has 0 saturated heterocycles. The number of nitrogens with zero attached hydrogens (tertiary/aromatic N) is 2. The molecule has 0 aliphatic carbocycles. The van der Waals surface area contributed by atoms with Crippen LogP contribution in [0.4, 0.5) is 5.82 Å². The molecule has 0 fully saturated rings. The molecule has 2 N–H and O–H groups in total. The Morgan fingerprint density at radius 3 is 2.87 bits per heavy atom. The fraction of sp³-hybridized carbons (Fsp3) is 0.167. The Hall–Kier alpha value is -1.90. The van der Waals surface area contributed by atoms with Gasteiger partial charge in [-0.15, -0.1) is 0 Å². The van der Waals surface area contributed by atoms with Gasteiger partial charge >= 0.3 is 0 Å². The van der Waals surface area contributed by atoms with Crippen molar-refractivity contribution in [2.24, 2.45) is 0 Å². The van der Waals surface area contributed by atoms with E-state index in [1.54, 1.807) is 12.4 Å². The van der Waals surface area contributed by atoms with Crippen LogP contribution in [0.1, 0.15) is 16.7 Å². The number of nitrogens with two attached hydrogens (primary N) is 1. The molecule has 2 heterocycles. The van der Waals surface area contributed by atoms with Crippen LogP contribution in [-0.2, 0) is 6.42 Å². The molecule has 0 atom stereocenters. The molecule has 15 heavy (non-hydrogen) atoms. The highest BCUT2D eigenvalue weighted by Crippen LogP contribution is 2.13. The Kier molecular flexibility index (Phi) is 2.63. The average molecular weight is 199 g/mol. The average Bonchev–Trinajstić information content (AvgIpc) is 2.22. The Morgan fingerprint density at radius 1 is 1.27 bits per heavy atom. The predicted molar refractivity (Wildman–Crippen MR) is 60.4 cm³/mol. The number of rotatable bonds is 2. The van der Waals surface area contributed by atoms with Crippen LogP contribution in [0.3, 0.4) is 0 Å². The second-order valence-corrected chi connectivity index (χ2v) is 3.57. The highest BCUT2D eigenvalue weighted by Gasteiger charge is 2.00. The molecule has 0 radical (unpaired) electrons. The van der Waals surface area contributed by atoms with E-state index < -0.39 is 0 Å². The van der Waals surface area contributed by atoms with Gasteiger partial charge in [0, 0.05) is 18.6 Å². The molecule has 3 nitrogen and oxygen atoms in total. The Morgan fingerprint density at radius 2 is 2.13 bits per heavy atom. The lowest BCUT2D eigenvalue weighted by atomic mass is 10.0. The van der Waals surface area contributed by atoms with Crippen LogP contribution in [0.15, 0.2) is 36.8 Å². The summed E-state index contributed by atoms with van der Waals surface area (Å²) in [6.45, 7) is 2.08. The number of hydrogen-bond acceptors (Lipinski definition) is 3. The van der Waals surface area contributed by atoms with E-state index in [0.29, 0.717) is 5.82 Å². The molecule has 0 unspecified atom stereocenters. The molecule has 0 amide bonds. The molecule has 2 aromatic heterocycles. The summed E-state index contributed by atoms with van der Waals surface area (Å²) in [5, 5.41) is 0. The minimum atomic E-state index is 0.564. The fourth-order valence-electron chi connectivity index (χ4n) is 1.51. The molecule has 0 aromatic carbocycles. The number of aromatic nitrogens is 2. The van der Waals surface area contributed by atoms with Gasteiger partial charge in [-0.05, 0) is 48.2 Å². The maximum absolute atomic E-state index is 5.62. The summed E-state index contributed by atoms with van der Waals surface area (Å²) < 4.78 is 0. The predicted octanol–water partition coefficient (Wildman–Crippen LogP) is 1.96. The van der Waals surface area contributed by atoms with Crippen LogP contribution in [0.2, 0.25) is 0 Å². The number of hydrogen-bond donors (Lipinski definition) is 1. The van der Waals surface area contributed by atoms with E-state index in [9.17, 15) is 0 Å². The number of pyridine rings is 2. The fourth-order valence-corrected chi connectivity index (χ4v) is 1.51. The Bertz CT molecular complexity index is 466. The van der Waals surface area contributed by atoms with Crippen molar-refractivity contribution < 1.29 is 0 Å². The SMILES string of the molecule is Cc1ccncc1Cc1ccnc(N)c1. The van der Waals surface area contributed by atoms with Crippen molar-refractivity contribution in [1.82, 2.24) is 9.97 Å². The first kappa shape index (κ1) is 9.65. The van der Waals surface area contributed by atoms with Gasteiger partial charge in [-0.3, -0.25) is 4.98 Å². The van der Waals surface area contributed by atoms with Gasteiger partial charge in [0.15, 0.2) is 0 Å². The summed E-state index contributed by atoms with van der Waals surface area (Å²) in [6.07, 6.45) is 6.29. The van der Waals surface area contributed by atoms with E-state index >= 15 is 0 Å². The van der Waals surface area contributed by atoms with Gasteiger partial charge < -0.3 is 5.73 Å². The van der Waals surface area contributed by atoms with Crippen LogP contribution in [-0.4, -0.2) is 9.97 Å². The van der Waals surface area contributed by atoms with Crippen molar-refractivity contribution in [3.63, 3.8) is 0 Å². The van der Waals surface area contributed by atoms with E-state index in [-0.39, 0.29) is 0 Å². The third kappa shape index (κ3) is 2.31. The van der Waals surface area contributed by atoms with Crippen LogP contribution in [0.25, 0.3) is 0 Å². The van der Waals surface area contributed by atoms with Gasteiger partial charge in [-0.25, -0.2) is 4.98 Å². The van der Waals surface area contributed by atoms with Crippen LogP contribution >= 0.6 is 0 Å². The van der Waals surface area contributed by atoms with Crippen molar-refractivity contribution in [3.05, 3.63) is 53.5 Å². The minimum absolute atomic E-state index is 0.564. The lowest BCUT2D eigenvalue weighted by molar-refractivity contribution is 1.10. The maximum Gasteiger partial charge on any atom is 0.123 e. The van der Waals surface area contributed by atoms with Crippen molar-refractivity contribution in [2.75, 3.05) is 5.73 Å². The molecule has 0 spiro atoms.